The summed E-state index contributed by atoms with van der Waals surface area (Å²) in [5, 5.41) is 25.3. The summed E-state index contributed by atoms with van der Waals surface area (Å²) in [5.74, 6) is -6.48. The van der Waals surface area contributed by atoms with Gasteiger partial charge in [-0.15, -0.1) is 0 Å². The fourth-order valence-electron chi connectivity index (χ4n) is 3.11. The van der Waals surface area contributed by atoms with E-state index in [0.29, 0.717) is 11.1 Å². The fraction of sp³-hybridized carbons (Fsp3) is 0.160. The highest BCUT2D eigenvalue weighted by molar-refractivity contribution is 6.04. The van der Waals surface area contributed by atoms with Crippen molar-refractivity contribution in [2.45, 2.75) is 25.4 Å². The van der Waals surface area contributed by atoms with Gasteiger partial charge < -0.3 is 30.9 Å². The zero-order valence-electron chi connectivity index (χ0n) is 20.7. The van der Waals surface area contributed by atoms with Crippen molar-refractivity contribution in [3.8, 4) is 5.69 Å². The minimum Gasteiger partial charge on any atom is -0.542 e. The van der Waals surface area contributed by atoms with Crippen molar-refractivity contribution >= 4 is 28.7 Å². The van der Waals surface area contributed by atoms with E-state index in [4.69, 9.17) is 25.5 Å². The van der Waals surface area contributed by atoms with E-state index in [9.17, 15) is 31.1 Å². The van der Waals surface area contributed by atoms with Gasteiger partial charge in [-0.2, -0.15) is 31.4 Å². The second-order valence-corrected chi connectivity index (χ2v) is 8.00. The number of benzene rings is 2. The summed E-state index contributed by atoms with van der Waals surface area (Å²) < 4.78 is 64.9. The van der Waals surface area contributed by atoms with Crippen molar-refractivity contribution in [1.82, 2.24) is 9.78 Å². The van der Waals surface area contributed by atoms with Crippen LogP contribution in [0.15, 0.2) is 73.1 Å². The van der Waals surface area contributed by atoms with Crippen LogP contribution in [0.4, 0.5) is 26.3 Å². The van der Waals surface area contributed by atoms with Crippen molar-refractivity contribution in [3.63, 3.8) is 0 Å². The molecule has 0 aliphatic carbocycles. The Morgan fingerprint density at radius 3 is 1.93 bits per heavy atom. The van der Waals surface area contributed by atoms with Crippen LogP contribution in [0.3, 0.4) is 0 Å². The maximum atomic E-state index is 11.6. The third-order valence-electron chi connectivity index (χ3n) is 4.98. The van der Waals surface area contributed by atoms with Crippen molar-refractivity contribution in [1.29, 1.82) is 0 Å². The van der Waals surface area contributed by atoms with Gasteiger partial charge in [0.05, 0.1) is 11.3 Å². The number of aliphatic carboxylic acids is 2. The Morgan fingerprint density at radius 1 is 0.854 bits per heavy atom. The van der Waals surface area contributed by atoms with E-state index in [0.717, 1.165) is 24.2 Å². The summed E-state index contributed by atoms with van der Waals surface area (Å²) in [6, 6.07) is 19.8. The number of carbonyl (C=O) groups is 3. The number of fused-ring (bicyclic) bond motifs is 1. The Labute approximate surface area is 227 Å². The molecule has 41 heavy (non-hydrogen) atoms. The van der Waals surface area contributed by atoms with Gasteiger partial charge in [-0.25, -0.2) is 9.67 Å². The number of aromatic amines is 1. The largest absolute Gasteiger partial charge is 0.542 e. The summed E-state index contributed by atoms with van der Waals surface area (Å²) >= 11 is 0. The molecule has 0 radical (unpaired) electrons. The SMILES string of the molecule is NC(=O)c1cccc2cn(-c3ccc(C[NH2+]Cc4cccc[nH+]4)cc3)nc12.O=C([O-])C(F)(F)F.O=C([O-])C(F)(F)F. The number of pyridine rings is 1. The minimum absolute atomic E-state index is 0.440. The normalized spacial score (nSPS) is 11.1. The van der Waals surface area contributed by atoms with Crippen LogP contribution in [0.5, 0.6) is 0 Å². The summed E-state index contributed by atoms with van der Waals surface area (Å²) in [5.41, 5.74) is 9.89. The third kappa shape index (κ3) is 10.2. The summed E-state index contributed by atoms with van der Waals surface area (Å²) in [6.45, 7) is 1.80. The summed E-state index contributed by atoms with van der Waals surface area (Å²) in [6.07, 6.45) is -6.54. The van der Waals surface area contributed by atoms with Gasteiger partial charge in [0.25, 0.3) is 5.91 Å². The molecule has 0 saturated carbocycles. The second-order valence-electron chi connectivity index (χ2n) is 8.00. The molecule has 218 valence electrons. The number of carbonyl (C=O) groups excluding carboxylic acids is 3. The smallest absolute Gasteiger partial charge is 0.430 e. The molecule has 4 aromatic rings. The monoisotopic (exact) mass is 585 g/mol. The lowest BCUT2D eigenvalue weighted by atomic mass is 10.1. The average molecular weight is 585 g/mol. The van der Waals surface area contributed by atoms with Crippen LogP contribution in [-0.4, -0.2) is 40.0 Å². The van der Waals surface area contributed by atoms with Crippen molar-refractivity contribution in [3.05, 3.63) is 89.9 Å². The molecule has 4 rings (SSSR count). The average Bonchev–Trinajstić information content (AvgIpc) is 3.34. The van der Waals surface area contributed by atoms with Gasteiger partial charge >= 0.3 is 12.4 Å². The Morgan fingerprint density at radius 2 is 1.44 bits per heavy atom. The maximum Gasteiger partial charge on any atom is 0.430 e. The number of nitrogens with two attached hydrogens (primary N) is 2. The zero-order valence-corrected chi connectivity index (χ0v) is 20.7. The molecule has 5 N–H and O–H groups in total. The molecule has 0 unspecified atom stereocenters. The topological polar surface area (TPSA) is 172 Å². The predicted molar refractivity (Wildman–Crippen MR) is 124 cm³/mol. The number of nitrogens with zero attached hydrogens (tertiary/aromatic N) is 2. The number of carboxylic acids is 2. The van der Waals surface area contributed by atoms with E-state index in [1.54, 1.807) is 10.7 Å². The number of halogens is 6. The molecule has 2 aromatic heterocycles. The van der Waals surface area contributed by atoms with Gasteiger partial charge in [-0.05, 0) is 24.3 Å². The molecule has 2 heterocycles. The van der Waals surface area contributed by atoms with Crippen LogP contribution in [0.25, 0.3) is 16.6 Å². The minimum atomic E-state index is -5.19. The molecule has 2 aromatic carbocycles. The van der Waals surface area contributed by atoms with E-state index in [1.807, 2.05) is 48.8 Å². The lowest BCUT2D eigenvalue weighted by molar-refractivity contribution is -0.696. The molecule has 10 nitrogen and oxygen atoms in total. The second kappa shape index (κ2) is 13.9. The van der Waals surface area contributed by atoms with Crippen molar-refractivity contribution < 1.29 is 61.2 Å². The first-order valence-corrected chi connectivity index (χ1v) is 11.3. The van der Waals surface area contributed by atoms with E-state index >= 15 is 0 Å². The highest BCUT2D eigenvalue weighted by Crippen LogP contribution is 2.19. The van der Waals surface area contributed by atoms with E-state index in [2.05, 4.69) is 33.6 Å². The zero-order chi connectivity index (χ0) is 30.8. The molecular formula is C25H21F6N5O5. The third-order valence-corrected chi connectivity index (χ3v) is 4.98. The first-order chi connectivity index (χ1) is 19.1. The lowest BCUT2D eigenvalue weighted by Crippen LogP contribution is -2.81. The van der Waals surface area contributed by atoms with Crippen LogP contribution in [0.1, 0.15) is 21.6 Å². The maximum absolute atomic E-state index is 11.6. The van der Waals surface area contributed by atoms with Gasteiger partial charge in [-0.3, -0.25) is 4.79 Å². The number of rotatable bonds is 6. The first-order valence-electron chi connectivity index (χ1n) is 11.3. The summed E-state index contributed by atoms with van der Waals surface area (Å²) in [4.78, 5) is 32.4. The molecule has 0 aliphatic heterocycles. The highest BCUT2D eigenvalue weighted by atomic mass is 19.4. The molecule has 0 fully saturated rings. The number of hydrogen-bond donors (Lipinski definition) is 2. The first kappa shape index (κ1) is 32.2. The number of hydrogen-bond acceptors (Lipinski definition) is 6. The number of alkyl halides is 6. The van der Waals surface area contributed by atoms with E-state index in [-0.39, 0.29) is 0 Å². The number of H-pyrrole nitrogens is 1. The Hall–Kier alpha value is -4.99. The lowest BCUT2D eigenvalue weighted by Gasteiger charge is -2.03. The number of primary amides is 1. The summed E-state index contributed by atoms with van der Waals surface area (Å²) in [7, 11) is 0. The molecule has 16 heteroatoms. The van der Waals surface area contributed by atoms with Gasteiger partial charge in [0.1, 0.15) is 24.0 Å². The number of amides is 1. The van der Waals surface area contributed by atoms with Crippen molar-refractivity contribution in [2.24, 2.45) is 5.73 Å². The van der Waals surface area contributed by atoms with Gasteiger partial charge in [-0.1, -0.05) is 24.3 Å². The predicted octanol–water partition coefficient (Wildman–Crippen LogP) is -0.201. The van der Waals surface area contributed by atoms with Crippen molar-refractivity contribution in [2.75, 3.05) is 0 Å². The standard InChI is InChI=1S/C21H19N5O.2C2HF3O2/c22-21(27)19-6-3-4-16-14-26(25-20(16)19)18-9-7-15(8-10-18)12-23-13-17-5-1-2-11-24-17;2*3-2(4,5)1(6)7/h1-11,14,23H,12-13H2,(H2,22,27);2*(H,6,7). The highest BCUT2D eigenvalue weighted by Gasteiger charge is 2.29. The Balaban J connectivity index is 0.000000349. The molecule has 0 spiro atoms. The molecule has 0 saturated heterocycles. The van der Waals surface area contributed by atoms with Crippen LogP contribution >= 0.6 is 0 Å². The van der Waals surface area contributed by atoms with E-state index in [1.165, 1.54) is 11.3 Å². The van der Waals surface area contributed by atoms with Crippen LogP contribution in [-0.2, 0) is 22.7 Å². The van der Waals surface area contributed by atoms with Gasteiger partial charge in [0.2, 0.25) is 5.69 Å². The number of nitrogens with one attached hydrogen (secondary N) is 1. The molecule has 1 amide bonds. The number of aromatic nitrogens is 3. The van der Waals surface area contributed by atoms with Gasteiger partial charge in [0.15, 0.2) is 12.7 Å². The van der Waals surface area contributed by atoms with Crippen LogP contribution < -0.4 is 26.2 Å². The quantitative estimate of drug-likeness (QED) is 0.297. The van der Waals surface area contributed by atoms with Crippen LogP contribution in [0.2, 0.25) is 0 Å². The van der Waals surface area contributed by atoms with Gasteiger partial charge in [0, 0.05) is 29.3 Å². The number of quaternary nitrogens is 1. The molecule has 0 atom stereocenters. The van der Waals surface area contributed by atoms with Crippen LogP contribution in [0, 0.1) is 0 Å². The molecule has 0 bridgehead atoms. The Kier molecular flexibility index (Phi) is 10.9. The molecule has 0 aliphatic rings. The Bertz CT molecular complexity index is 1450. The van der Waals surface area contributed by atoms with E-state index < -0.39 is 30.2 Å². The fourth-order valence-corrected chi connectivity index (χ4v) is 3.11. The number of carboxylic acid groups (broad SMARTS) is 2. The molecular weight excluding hydrogens is 564 g/mol.